The molecule has 2 aromatic carbocycles. The topological polar surface area (TPSA) is 57.2 Å². The molecule has 5 heteroatoms. The van der Waals surface area contributed by atoms with Crippen LogP contribution >= 0.6 is 0 Å². The van der Waals surface area contributed by atoms with Crippen LogP contribution in [0, 0.1) is 0 Å². The molecule has 0 heterocycles. The van der Waals surface area contributed by atoms with Gasteiger partial charge in [0.2, 0.25) is 0 Å². The van der Waals surface area contributed by atoms with Crippen LogP contribution in [0.2, 0.25) is 0 Å². The largest absolute Gasteiger partial charge is 0.611 e. The van der Waals surface area contributed by atoms with Gasteiger partial charge < -0.3 is 4.55 Å². The molecule has 1 atom stereocenters. The third kappa shape index (κ3) is 3.47. The fraction of sp³-hybridized carbons (Fsp3) is 0.333. The normalized spacial score (nSPS) is 14.0. The molecule has 124 valence electrons. The third-order valence-electron chi connectivity index (χ3n) is 3.92. The molecule has 0 radical (unpaired) electrons. The van der Waals surface area contributed by atoms with Crippen molar-refractivity contribution in [3.63, 3.8) is 0 Å². The molecule has 0 saturated heterocycles. The van der Waals surface area contributed by atoms with Gasteiger partial charge in [0.15, 0.2) is 14.7 Å². The highest BCUT2D eigenvalue weighted by atomic mass is 32.2. The first-order valence-electron chi connectivity index (χ1n) is 7.48. The Balaban J connectivity index is 2.50. The molecule has 0 aliphatic carbocycles. The molecule has 0 saturated carbocycles. The second-order valence-electron chi connectivity index (χ2n) is 6.20. The summed E-state index contributed by atoms with van der Waals surface area (Å²) in [5.74, 6) is 0. The summed E-state index contributed by atoms with van der Waals surface area (Å²) < 4.78 is 37.2. The van der Waals surface area contributed by atoms with Gasteiger partial charge >= 0.3 is 0 Å². The van der Waals surface area contributed by atoms with Gasteiger partial charge in [-0.3, -0.25) is 0 Å². The van der Waals surface area contributed by atoms with E-state index in [1.165, 1.54) is 0 Å². The highest BCUT2D eigenvalue weighted by Crippen LogP contribution is 2.35. The van der Waals surface area contributed by atoms with Crippen LogP contribution in [0.1, 0.15) is 33.3 Å². The number of sulfone groups is 1. The summed E-state index contributed by atoms with van der Waals surface area (Å²) in [6.07, 6.45) is 0. The van der Waals surface area contributed by atoms with Gasteiger partial charge in [0.05, 0.1) is 9.64 Å². The quantitative estimate of drug-likeness (QED) is 0.768. The Morgan fingerprint density at radius 2 is 1.61 bits per heavy atom. The van der Waals surface area contributed by atoms with E-state index in [0.717, 1.165) is 0 Å². The zero-order chi connectivity index (χ0) is 17.3. The standard InChI is InChI=1S/C18H22O3S2/c1-14(2)22(19)16-10-8-9-15(13-16)18(3,4)23(20,21)17-11-6-5-7-12-17/h5-14H,1-4H3. The van der Waals surface area contributed by atoms with Crippen LogP contribution < -0.4 is 0 Å². The molecule has 0 amide bonds. The van der Waals surface area contributed by atoms with Crippen molar-refractivity contribution >= 4 is 21.0 Å². The van der Waals surface area contributed by atoms with E-state index in [1.54, 1.807) is 68.4 Å². The molecule has 3 nitrogen and oxygen atoms in total. The average Bonchev–Trinajstić information content (AvgIpc) is 2.54. The van der Waals surface area contributed by atoms with Gasteiger partial charge in [0, 0.05) is 0 Å². The SMILES string of the molecule is CC(C)[S+]([O-])c1cccc(C(C)(C)S(=O)(=O)c2ccccc2)c1. The molecular formula is C18H22O3S2. The zero-order valence-corrected chi connectivity index (χ0v) is 15.4. The lowest BCUT2D eigenvalue weighted by Crippen LogP contribution is -2.29. The van der Waals surface area contributed by atoms with Gasteiger partial charge in [-0.2, -0.15) is 0 Å². The van der Waals surface area contributed by atoms with E-state index in [4.69, 9.17) is 0 Å². The molecule has 0 fully saturated rings. The third-order valence-corrected chi connectivity index (χ3v) is 7.96. The van der Waals surface area contributed by atoms with Crippen molar-refractivity contribution in [2.24, 2.45) is 0 Å². The first-order chi connectivity index (χ1) is 10.7. The smallest absolute Gasteiger partial charge is 0.187 e. The van der Waals surface area contributed by atoms with Gasteiger partial charge in [0.1, 0.15) is 5.25 Å². The molecule has 0 N–H and O–H groups in total. The van der Waals surface area contributed by atoms with Gasteiger partial charge in [-0.05, 0) is 68.7 Å². The first-order valence-corrected chi connectivity index (χ1v) is 10.2. The Morgan fingerprint density at radius 3 is 2.17 bits per heavy atom. The predicted molar refractivity (Wildman–Crippen MR) is 94.6 cm³/mol. The average molecular weight is 351 g/mol. The van der Waals surface area contributed by atoms with Crippen molar-refractivity contribution in [2.45, 2.75) is 47.5 Å². The molecule has 0 aromatic heterocycles. The van der Waals surface area contributed by atoms with E-state index in [0.29, 0.717) is 15.4 Å². The molecule has 2 aromatic rings. The second kappa shape index (κ2) is 6.67. The lowest BCUT2D eigenvalue weighted by atomic mass is 10.0. The van der Waals surface area contributed by atoms with Crippen molar-refractivity contribution in [2.75, 3.05) is 0 Å². The highest BCUT2D eigenvalue weighted by molar-refractivity contribution is 7.92. The van der Waals surface area contributed by atoms with Crippen molar-refractivity contribution in [3.8, 4) is 0 Å². The number of benzene rings is 2. The van der Waals surface area contributed by atoms with Gasteiger partial charge in [-0.15, -0.1) is 0 Å². The van der Waals surface area contributed by atoms with Crippen molar-refractivity contribution in [1.82, 2.24) is 0 Å². The number of hydrogen-bond donors (Lipinski definition) is 0. The van der Waals surface area contributed by atoms with E-state index >= 15 is 0 Å². The Kier molecular flexibility index (Phi) is 5.23. The molecule has 0 aliphatic rings. The van der Waals surface area contributed by atoms with Crippen molar-refractivity contribution in [1.29, 1.82) is 0 Å². The van der Waals surface area contributed by atoms with Crippen LogP contribution in [0.3, 0.4) is 0 Å². The first kappa shape index (κ1) is 18.0. The summed E-state index contributed by atoms with van der Waals surface area (Å²) in [6.45, 7) is 7.14. The van der Waals surface area contributed by atoms with E-state index in [-0.39, 0.29) is 5.25 Å². The van der Waals surface area contributed by atoms with E-state index < -0.39 is 25.8 Å². The fourth-order valence-corrected chi connectivity index (χ4v) is 4.86. The Hall–Kier alpha value is -1.30. The Morgan fingerprint density at radius 1 is 1.00 bits per heavy atom. The van der Waals surface area contributed by atoms with Crippen LogP contribution in [-0.4, -0.2) is 18.2 Å². The maximum absolute atomic E-state index is 13.0. The monoisotopic (exact) mass is 350 g/mol. The molecular weight excluding hydrogens is 328 g/mol. The Labute approximate surface area is 141 Å². The molecule has 1 unspecified atom stereocenters. The van der Waals surface area contributed by atoms with E-state index in [9.17, 15) is 13.0 Å². The summed E-state index contributed by atoms with van der Waals surface area (Å²) in [5.41, 5.74) is 0.646. The number of rotatable bonds is 5. The van der Waals surface area contributed by atoms with Gasteiger partial charge in [0.25, 0.3) is 0 Å². The summed E-state index contributed by atoms with van der Waals surface area (Å²) in [5, 5.41) is -0.0147. The molecule has 0 aliphatic heterocycles. The molecule has 23 heavy (non-hydrogen) atoms. The molecule has 0 spiro atoms. The van der Waals surface area contributed by atoms with Crippen molar-refractivity contribution < 1.29 is 13.0 Å². The maximum Gasteiger partial charge on any atom is 0.187 e. The minimum atomic E-state index is -3.55. The minimum Gasteiger partial charge on any atom is -0.611 e. The summed E-state index contributed by atoms with van der Waals surface area (Å²) in [4.78, 5) is 0.953. The van der Waals surface area contributed by atoms with E-state index in [2.05, 4.69) is 0 Å². The van der Waals surface area contributed by atoms with Crippen LogP contribution in [-0.2, 0) is 25.8 Å². The lowest BCUT2D eigenvalue weighted by molar-refractivity contribution is 0.554. The van der Waals surface area contributed by atoms with Gasteiger partial charge in [-0.25, -0.2) is 8.42 Å². The van der Waals surface area contributed by atoms with Crippen LogP contribution in [0.4, 0.5) is 0 Å². The summed E-state index contributed by atoms with van der Waals surface area (Å²) in [7, 11) is -3.55. The van der Waals surface area contributed by atoms with Gasteiger partial charge in [-0.1, -0.05) is 30.3 Å². The Bertz CT molecular complexity index is 766. The molecule has 0 bridgehead atoms. The molecule has 2 rings (SSSR count). The maximum atomic E-state index is 13.0. The van der Waals surface area contributed by atoms with Crippen LogP contribution in [0.15, 0.2) is 64.4 Å². The summed E-state index contributed by atoms with van der Waals surface area (Å²) in [6, 6.07) is 15.5. The predicted octanol–water partition coefficient (Wildman–Crippen LogP) is 3.91. The lowest BCUT2D eigenvalue weighted by Gasteiger charge is -2.26. The van der Waals surface area contributed by atoms with Crippen molar-refractivity contribution in [3.05, 3.63) is 60.2 Å². The van der Waals surface area contributed by atoms with E-state index in [1.807, 2.05) is 13.8 Å². The zero-order valence-electron chi connectivity index (χ0n) is 13.8. The van der Waals surface area contributed by atoms with Crippen LogP contribution in [0.25, 0.3) is 0 Å². The summed E-state index contributed by atoms with van der Waals surface area (Å²) >= 11 is -1.15. The van der Waals surface area contributed by atoms with Crippen LogP contribution in [0.5, 0.6) is 0 Å². The highest BCUT2D eigenvalue weighted by Gasteiger charge is 2.38. The minimum absolute atomic E-state index is 0.0147. The number of hydrogen-bond acceptors (Lipinski definition) is 3. The second-order valence-corrected chi connectivity index (χ2v) is 10.7. The fourth-order valence-electron chi connectivity index (χ4n) is 2.32.